The molecule has 116 valence electrons. The number of aliphatic hydroxyl groups excluding tert-OH is 1. The van der Waals surface area contributed by atoms with E-state index in [1.54, 1.807) is 0 Å². The smallest absolute Gasteiger partial charge is 0.225 e. The molecule has 2 fully saturated rings. The van der Waals surface area contributed by atoms with Crippen molar-refractivity contribution in [3.63, 3.8) is 0 Å². The monoisotopic (exact) mass is 281 g/mol. The van der Waals surface area contributed by atoms with Gasteiger partial charge in [-0.1, -0.05) is 33.6 Å². The summed E-state index contributed by atoms with van der Waals surface area (Å²) in [7, 11) is 0. The van der Waals surface area contributed by atoms with Gasteiger partial charge in [0.25, 0.3) is 0 Å². The maximum Gasteiger partial charge on any atom is 0.225 e. The topological polar surface area (TPSA) is 49.3 Å². The summed E-state index contributed by atoms with van der Waals surface area (Å²) in [6, 6.07) is 0.328. The number of hydrogen-bond donors (Lipinski definition) is 2. The van der Waals surface area contributed by atoms with Crippen LogP contribution >= 0.6 is 0 Å². The molecular formula is C17H31NO2. The summed E-state index contributed by atoms with van der Waals surface area (Å²) in [5.41, 5.74) is 0.175. The maximum atomic E-state index is 12.4. The molecular weight excluding hydrogens is 250 g/mol. The quantitative estimate of drug-likeness (QED) is 0.763. The SMILES string of the molecule is CC1CCCC(NC(=O)C2CCC(C)(C)CC2O)CC1. The molecule has 2 aliphatic rings. The molecule has 4 unspecified atom stereocenters. The van der Waals surface area contributed by atoms with Crippen molar-refractivity contribution in [2.75, 3.05) is 0 Å². The first kappa shape index (κ1) is 15.8. The molecule has 0 spiro atoms. The molecule has 0 radical (unpaired) electrons. The van der Waals surface area contributed by atoms with Crippen LogP contribution in [0.4, 0.5) is 0 Å². The van der Waals surface area contributed by atoms with Crippen molar-refractivity contribution in [3.05, 3.63) is 0 Å². The average Bonchev–Trinajstić information content (AvgIpc) is 2.53. The lowest BCUT2D eigenvalue weighted by atomic mass is 9.71. The second kappa shape index (κ2) is 6.46. The average molecular weight is 281 g/mol. The van der Waals surface area contributed by atoms with Crippen molar-refractivity contribution in [1.29, 1.82) is 0 Å². The fraction of sp³-hybridized carbons (Fsp3) is 0.941. The van der Waals surface area contributed by atoms with Gasteiger partial charge in [-0.15, -0.1) is 0 Å². The van der Waals surface area contributed by atoms with Crippen LogP contribution in [0.5, 0.6) is 0 Å². The minimum atomic E-state index is -0.469. The van der Waals surface area contributed by atoms with E-state index in [1.165, 1.54) is 19.3 Å². The zero-order valence-electron chi connectivity index (χ0n) is 13.3. The van der Waals surface area contributed by atoms with Crippen LogP contribution in [0.1, 0.15) is 72.1 Å². The van der Waals surface area contributed by atoms with Gasteiger partial charge in [0, 0.05) is 6.04 Å². The molecule has 20 heavy (non-hydrogen) atoms. The fourth-order valence-electron chi connectivity index (χ4n) is 3.79. The first-order valence-electron chi connectivity index (χ1n) is 8.36. The van der Waals surface area contributed by atoms with Crippen LogP contribution in [0.15, 0.2) is 0 Å². The van der Waals surface area contributed by atoms with Crippen molar-refractivity contribution in [3.8, 4) is 0 Å². The Balaban J connectivity index is 1.85. The predicted octanol–water partition coefficient (Wildman–Crippen LogP) is 3.26. The van der Waals surface area contributed by atoms with Gasteiger partial charge in [0.05, 0.1) is 12.0 Å². The number of amides is 1. The van der Waals surface area contributed by atoms with Gasteiger partial charge in [0.1, 0.15) is 0 Å². The van der Waals surface area contributed by atoms with E-state index in [2.05, 4.69) is 26.1 Å². The van der Waals surface area contributed by atoms with Gasteiger partial charge in [-0.3, -0.25) is 4.79 Å². The molecule has 4 atom stereocenters. The first-order valence-corrected chi connectivity index (χ1v) is 8.36. The summed E-state index contributed by atoms with van der Waals surface area (Å²) in [4.78, 5) is 12.4. The summed E-state index contributed by atoms with van der Waals surface area (Å²) in [6.45, 7) is 6.66. The van der Waals surface area contributed by atoms with E-state index in [1.807, 2.05) is 0 Å². The Hall–Kier alpha value is -0.570. The van der Waals surface area contributed by atoms with Crippen molar-refractivity contribution >= 4 is 5.91 Å². The van der Waals surface area contributed by atoms with Crippen molar-refractivity contribution in [2.24, 2.45) is 17.3 Å². The van der Waals surface area contributed by atoms with Gasteiger partial charge < -0.3 is 10.4 Å². The van der Waals surface area contributed by atoms with Crippen LogP contribution in [0.25, 0.3) is 0 Å². The normalized spacial score (nSPS) is 38.0. The van der Waals surface area contributed by atoms with Crippen molar-refractivity contribution < 1.29 is 9.90 Å². The van der Waals surface area contributed by atoms with Crippen LogP contribution in [-0.4, -0.2) is 23.2 Å². The molecule has 1 amide bonds. The number of rotatable bonds is 2. The number of carbonyl (C=O) groups excluding carboxylic acids is 1. The molecule has 0 aromatic rings. The standard InChI is InChI=1S/C17H31NO2/c1-12-5-4-6-13(8-7-12)18-16(20)14-9-10-17(2,3)11-15(14)19/h12-15,19H,4-11H2,1-3H3,(H,18,20). The third-order valence-corrected chi connectivity index (χ3v) is 5.30. The van der Waals surface area contributed by atoms with Crippen LogP contribution in [0, 0.1) is 17.3 Å². The molecule has 2 rings (SSSR count). The van der Waals surface area contributed by atoms with Gasteiger partial charge in [-0.25, -0.2) is 0 Å². The van der Waals surface area contributed by atoms with Crippen molar-refractivity contribution in [1.82, 2.24) is 5.32 Å². The highest BCUT2D eigenvalue weighted by atomic mass is 16.3. The van der Waals surface area contributed by atoms with E-state index in [4.69, 9.17) is 0 Å². The summed E-state index contributed by atoms with van der Waals surface area (Å²) in [5.74, 6) is 0.689. The molecule has 0 aliphatic heterocycles. The number of carbonyl (C=O) groups is 1. The largest absolute Gasteiger partial charge is 0.392 e. The predicted molar refractivity (Wildman–Crippen MR) is 81.3 cm³/mol. The van der Waals surface area contributed by atoms with Crippen LogP contribution in [0.3, 0.4) is 0 Å². The van der Waals surface area contributed by atoms with E-state index in [-0.39, 0.29) is 17.2 Å². The second-order valence-corrected chi connectivity index (χ2v) is 7.90. The summed E-state index contributed by atoms with van der Waals surface area (Å²) >= 11 is 0. The van der Waals surface area contributed by atoms with Gasteiger partial charge in [0.2, 0.25) is 5.91 Å². The Bertz CT molecular complexity index is 340. The van der Waals surface area contributed by atoms with Gasteiger partial charge >= 0.3 is 0 Å². The number of aliphatic hydroxyl groups is 1. The Morgan fingerprint density at radius 1 is 1.15 bits per heavy atom. The van der Waals surface area contributed by atoms with Crippen LogP contribution < -0.4 is 5.32 Å². The Kier molecular flexibility index (Phi) is 5.11. The van der Waals surface area contributed by atoms with E-state index < -0.39 is 6.10 Å². The van der Waals surface area contributed by atoms with Gasteiger partial charge in [-0.05, 0) is 49.9 Å². The molecule has 2 aliphatic carbocycles. The van der Waals surface area contributed by atoms with E-state index >= 15 is 0 Å². The lowest BCUT2D eigenvalue weighted by molar-refractivity contribution is -0.132. The van der Waals surface area contributed by atoms with E-state index in [0.29, 0.717) is 6.04 Å². The highest BCUT2D eigenvalue weighted by Crippen LogP contribution is 2.38. The summed E-state index contributed by atoms with van der Waals surface area (Å²) < 4.78 is 0. The third-order valence-electron chi connectivity index (χ3n) is 5.30. The van der Waals surface area contributed by atoms with E-state index in [9.17, 15) is 9.90 Å². The summed E-state index contributed by atoms with van der Waals surface area (Å²) in [6.07, 6.45) is 8.04. The highest BCUT2D eigenvalue weighted by Gasteiger charge is 2.38. The molecule has 2 saturated carbocycles. The maximum absolute atomic E-state index is 12.4. The van der Waals surface area contributed by atoms with E-state index in [0.717, 1.165) is 38.0 Å². The number of nitrogens with one attached hydrogen (secondary N) is 1. The Labute approximate surface area is 123 Å². The zero-order valence-corrected chi connectivity index (χ0v) is 13.3. The third kappa shape index (κ3) is 4.21. The molecule has 0 bridgehead atoms. The second-order valence-electron chi connectivity index (χ2n) is 7.90. The first-order chi connectivity index (χ1) is 9.37. The van der Waals surface area contributed by atoms with Crippen LogP contribution in [0.2, 0.25) is 0 Å². The van der Waals surface area contributed by atoms with Gasteiger partial charge in [0.15, 0.2) is 0 Å². The molecule has 3 nitrogen and oxygen atoms in total. The molecule has 0 aromatic carbocycles. The lowest BCUT2D eigenvalue weighted by Gasteiger charge is -2.38. The Morgan fingerprint density at radius 2 is 1.90 bits per heavy atom. The minimum absolute atomic E-state index is 0.0903. The molecule has 0 heterocycles. The minimum Gasteiger partial charge on any atom is -0.392 e. The summed E-state index contributed by atoms with van der Waals surface area (Å²) in [5, 5.41) is 13.4. The zero-order chi connectivity index (χ0) is 14.8. The highest BCUT2D eigenvalue weighted by molar-refractivity contribution is 5.79. The number of hydrogen-bond acceptors (Lipinski definition) is 2. The molecule has 2 N–H and O–H groups in total. The fourth-order valence-corrected chi connectivity index (χ4v) is 3.79. The molecule has 3 heteroatoms. The van der Waals surface area contributed by atoms with Gasteiger partial charge in [-0.2, -0.15) is 0 Å². The molecule has 0 aromatic heterocycles. The molecule has 0 saturated heterocycles. The lowest BCUT2D eigenvalue weighted by Crippen LogP contribution is -2.46. The van der Waals surface area contributed by atoms with Crippen molar-refractivity contribution in [2.45, 2.75) is 84.3 Å². The van der Waals surface area contributed by atoms with Crippen LogP contribution in [-0.2, 0) is 4.79 Å². The Morgan fingerprint density at radius 3 is 2.60 bits per heavy atom.